The Labute approximate surface area is 168 Å². The summed E-state index contributed by atoms with van der Waals surface area (Å²) < 4.78 is 0. The van der Waals surface area contributed by atoms with E-state index in [0.717, 1.165) is 23.2 Å². The predicted molar refractivity (Wildman–Crippen MR) is 108 cm³/mol. The maximum Gasteiger partial charge on any atom is 0.289 e. The minimum absolute atomic E-state index is 0.0111. The molecule has 0 aliphatic heterocycles. The summed E-state index contributed by atoms with van der Waals surface area (Å²) in [4.78, 5) is 36.7. The van der Waals surface area contributed by atoms with Crippen LogP contribution in [0.25, 0.3) is 0 Å². The Morgan fingerprint density at radius 2 is 1.79 bits per heavy atom. The molecule has 4 rings (SSSR count). The molecule has 3 atom stereocenters. The number of carbonyl (C=O) groups excluding carboxylic acids is 2. The zero-order chi connectivity index (χ0) is 20.2. The first kappa shape index (κ1) is 18.7. The van der Waals surface area contributed by atoms with Crippen molar-refractivity contribution in [3.63, 3.8) is 0 Å². The molecular formula is C22H21N5O2. The second kappa shape index (κ2) is 8.18. The van der Waals surface area contributed by atoms with Crippen molar-refractivity contribution in [3.8, 4) is 0 Å². The Hall–Kier alpha value is -3.61. The van der Waals surface area contributed by atoms with Crippen molar-refractivity contribution in [1.82, 2.24) is 20.3 Å². The number of hydrogen-bond acceptors (Lipinski definition) is 5. The van der Waals surface area contributed by atoms with Crippen molar-refractivity contribution < 1.29 is 9.59 Å². The fourth-order valence-corrected chi connectivity index (χ4v) is 3.30. The van der Waals surface area contributed by atoms with E-state index in [4.69, 9.17) is 0 Å². The van der Waals surface area contributed by atoms with Crippen LogP contribution in [0.3, 0.4) is 0 Å². The molecule has 2 amide bonds. The number of amides is 2. The summed E-state index contributed by atoms with van der Waals surface area (Å²) in [6, 6.07) is 12.8. The normalized spacial score (nSPS) is 18.5. The average Bonchev–Trinajstić information content (AvgIpc) is 3.57. The van der Waals surface area contributed by atoms with E-state index in [1.807, 2.05) is 49.5 Å². The van der Waals surface area contributed by atoms with Crippen molar-refractivity contribution in [2.45, 2.75) is 25.3 Å². The highest BCUT2D eigenvalue weighted by atomic mass is 16.2. The zero-order valence-corrected chi connectivity index (χ0v) is 15.9. The molecule has 3 aromatic rings. The van der Waals surface area contributed by atoms with Gasteiger partial charge < -0.3 is 10.6 Å². The van der Waals surface area contributed by atoms with Crippen molar-refractivity contribution in [2.75, 3.05) is 5.32 Å². The van der Waals surface area contributed by atoms with Crippen molar-refractivity contribution in [1.29, 1.82) is 0 Å². The van der Waals surface area contributed by atoms with Gasteiger partial charge in [-0.05, 0) is 54.7 Å². The maximum atomic E-state index is 12.5. The van der Waals surface area contributed by atoms with Crippen LogP contribution in [0, 0.1) is 5.92 Å². The molecule has 1 fully saturated rings. The number of carbonyl (C=O) groups is 2. The highest BCUT2D eigenvalue weighted by Crippen LogP contribution is 2.47. The molecule has 2 N–H and O–H groups in total. The lowest BCUT2D eigenvalue weighted by atomic mass is 10.1. The highest BCUT2D eigenvalue weighted by Gasteiger charge is 2.44. The molecule has 7 nitrogen and oxygen atoms in total. The molecule has 146 valence electrons. The van der Waals surface area contributed by atoms with Crippen LogP contribution in [0.15, 0.2) is 67.3 Å². The van der Waals surface area contributed by atoms with Gasteiger partial charge in [0.05, 0.1) is 6.04 Å². The first-order valence-electron chi connectivity index (χ1n) is 9.50. The number of hydrogen-bond donors (Lipinski definition) is 2. The Bertz CT molecular complexity index is 993. The number of anilines is 1. The Balaban J connectivity index is 1.32. The number of pyridine rings is 1. The molecular weight excluding hydrogens is 366 g/mol. The van der Waals surface area contributed by atoms with Crippen LogP contribution in [-0.4, -0.2) is 26.8 Å². The first-order valence-corrected chi connectivity index (χ1v) is 9.50. The van der Waals surface area contributed by atoms with Crippen LogP contribution >= 0.6 is 0 Å². The Morgan fingerprint density at radius 3 is 2.48 bits per heavy atom. The molecule has 2 heterocycles. The smallest absolute Gasteiger partial charge is 0.289 e. The third kappa shape index (κ3) is 4.45. The summed E-state index contributed by atoms with van der Waals surface area (Å²) in [5.74, 6) is 0.0667. The molecule has 1 aliphatic carbocycles. The Kier molecular flexibility index (Phi) is 5.29. The lowest BCUT2D eigenvalue weighted by Gasteiger charge is -2.14. The lowest BCUT2D eigenvalue weighted by molar-refractivity contribution is -0.117. The molecule has 0 bridgehead atoms. The minimum atomic E-state index is -0.328. The maximum absolute atomic E-state index is 12.5. The number of rotatable bonds is 6. The number of benzene rings is 1. The second-order valence-corrected chi connectivity index (χ2v) is 7.11. The van der Waals surface area contributed by atoms with Gasteiger partial charge in [0, 0.05) is 36.4 Å². The van der Waals surface area contributed by atoms with Gasteiger partial charge in [0.15, 0.2) is 0 Å². The van der Waals surface area contributed by atoms with E-state index >= 15 is 0 Å². The molecule has 0 saturated heterocycles. The van der Waals surface area contributed by atoms with Gasteiger partial charge in [-0.3, -0.25) is 14.6 Å². The van der Waals surface area contributed by atoms with E-state index in [1.165, 1.54) is 12.4 Å². The third-order valence-corrected chi connectivity index (χ3v) is 5.03. The van der Waals surface area contributed by atoms with Crippen LogP contribution in [-0.2, 0) is 4.79 Å². The van der Waals surface area contributed by atoms with Gasteiger partial charge >= 0.3 is 0 Å². The van der Waals surface area contributed by atoms with E-state index in [1.54, 1.807) is 12.3 Å². The highest BCUT2D eigenvalue weighted by molar-refractivity contribution is 5.95. The van der Waals surface area contributed by atoms with Crippen molar-refractivity contribution in [2.24, 2.45) is 5.92 Å². The molecule has 29 heavy (non-hydrogen) atoms. The summed E-state index contributed by atoms with van der Waals surface area (Å²) in [7, 11) is 0. The van der Waals surface area contributed by atoms with Gasteiger partial charge in [-0.15, -0.1) is 0 Å². The molecule has 1 aliphatic rings. The van der Waals surface area contributed by atoms with Crippen LogP contribution in [0.5, 0.6) is 0 Å². The van der Waals surface area contributed by atoms with Gasteiger partial charge in [0.1, 0.15) is 0 Å². The monoisotopic (exact) mass is 387 g/mol. The number of nitrogens with zero attached hydrogens (tertiary/aromatic N) is 3. The lowest BCUT2D eigenvalue weighted by Crippen LogP contribution is -2.28. The van der Waals surface area contributed by atoms with Crippen LogP contribution in [0.4, 0.5) is 5.69 Å². The Morgan fingerprint density at radius 1 is 1.03 bits per heavy atom. The SMILES string of the molecule is C[C@H](NC(=O)c1ncccn1)c1ccc(NC(=O)[C@H]2C[C@@H]2c2cccnc2)cc1. The first-order chi connectivity index (χ1) is 14.1. The number of nitrogens with one attached hydrogen (secondary N) is 2. The minimum Gasteiger partial charge on any atom is -0.343 e. The van der Waals surface area contributed by atoms with Crippen molar-refractivity contribution in [3.05, 3.63) is 84.2 Å². The quantitative estimate of drug-likeness (QED) is 0.677. The van der Waals surface area contributed by atoms with Crippen LogP contribution in [0.2, 0.25) is 0 Å². The fourth-order valence-electron chi connectivity index (χ4n) is 3.30. The molecule has 2 aromatic heterocycles. The van der Waals surface area contributed by atoms with E-state index < -0.39 is 0 Å². The number of aromatic nitrogens is 3. The second-order valence-electron chi connectivity index (χ2n) is 7.11. The topological polar surface area (TPSA) is 96.9 Å². The molecule has 1 saturated carbocycles. The van der Waals surface area contributed by atoms with Gasteiger partial charge in [-0.25, -0.2) is 9.97 Å². The molecule has 7 heteroatoms. The average molecular weight is 387 g/mol. The summed E-state index contributed by atoms with van der Waals surface area (Å²) in [5.41, 5.74) is 2.77. The zero-order valence-electron chi connectivity index (χ0n) is 15.9. The molecule has 1 aromatic carbocycles. The summed E-state index contributed by atoms with van der Waals surface area (Å²) in [6.45, 7) is 1.89. The van der Waals surface area contributed by atoms with E-state index in [0.29, 0.717) is 0 Å². The van der Waals surface area contributed by atoms with Gasteiger partial charge in [-0.1, -0.05) is 18.2 Å². The standard InChI is InChI=1S/C22H21N5O2/c1-14(26-22(29)20-24-10-3-11-25-20)15-5-7-17(8-6-15)27-21(28)19-12-18(19)16-4-2-9-23-13-16/h2-11,13-14,18-19H,12H2,1H3,(H,26,29)(H,27,28)/t14-,18+,19-/m0/s1. The molecule has 0 unspecified atom stereocenters. The van der Waals surface area contributed by atoms with Crippen molar-refractivity contribution >= 4 is 17.5 Å². The fraction of sp³-hybridized carbons (Fsp3) is 0.227. The molecule has 0 radical (unpaired) electrons. The van der Waals surface area contributed by atoms with Gasteiger partial charge in [0.2, 0.25) is 11.7 Å². The van der Waals surface area contributed by atoms with E-state index in [9.17, 15) is 9.59 Å². The molecule has 0 spiro atoms. The van der Waals surface area contributed by atoms with Gasteiger partial charge in [-0.2, -0.15) is 0 Å². The van der Waals surface area contributed by atoms with Gasteiger partial charge in [0.25, 0.3) is 5.91 Å². The van der Waals surface area contributed by atoms with Crippen LogP contribution in [0.1, 0.15) is 47.1 Å². The summed E-state index contributed by atoms with van der Waals surface area (Å²) >= 11 is 0. The van der Waals surface area contributed by atoms with Crippen LogP contribution < -0.4 is 10.6 Å². The predicted octanol–water partition coefficient (Wildman–Crippen LogP) is 3.10. The largest absolute Gasteiger partial charge is 0.343 e. The summed E-state index contributed by atoms with van der Waals surface area (Å²) in [5, 5.41) is 5.84. The van der Waals surface area contributed by atoms with E-state index in [-0.39, 0.29) is 35.5 Å². The summed E-state index contributed by atoms with van der Waals surface area (Å²) in [6.07, 6.45) is 7.47. The van der Waals surface area contributed by atoms with E-state index in [2.05, 4.69) is 25.6 Å². The third-order valence-electron chi connectivity index (χ3n) is 5.03.